The minimum Gasteiger partial charge on any atom is -0.396 e. The molecule has 1 aromatic heterocycles. The fourth-order valence-corrected chi connectivity index (χ4v) is 2.46. The first-order valence-electron chi connectivity index (χ1n) is 7.82. The lowest BCUT2D eigenvalue weighted by atomic mass is 10.0. The van der Waals surface area contributed by atoms with Crippen LogP contribution >= 0.6 is 0 Å². The van der Waals surface area contributed by atoms with Gasteiger partial charge in [-0.3, -0.25) is 9.59 Å². The van der Waals surface area contributed by atoms with Gasteiger partial charge in [-0.25, -0.2) is 4.39 Å². The van der Waals surface area contributed by atoms with E-state index >= 15 is 0 Å². The number of aromatic nitrogens is 1. The highest BCUT2D eigenvalue weighted by atomic mass is 19.1. The Balaban J connectivity index is 2.15. The number of aromatic amines is 1. The Morgan fingerprint density at radius 3 is 2.79 bits per heavy atom. The van der Waals surface area contributed by atoms with Crippen LogP contribution in [-0.4, -0.2) is 41.1 Å². The molecule has 4 N–H and O–H groups in total. The van der Waals surface area contributed by atoms with Crippen molar-refractivity contribution in [3.8, 4) is 0 Å². The first-order chi connectivity index (χ1) is 11.4. The number of H-pyrrole nitrogens is 1. The molecule has 0 saturated heterocycles. The van der Waals surface area contributed by atoms with Gasteiger partial charge < -0.3 is 20.7 Å². The predicted octanol–water partition coefficient (Wildman–Crippen LogP) is 1.10. The topological polar surface area (TPSA) is 94.2 Å². The highest BCUT2D eigenvalue weighted by Crippen LogP contribution is 2.20. The van der Waals surface area contributed by atoms with Crippen molar-refractivity contribution >= 4 is 22.7 Å². The van der Waals surface area contributed by atoms with Gasteiger partial charge in [-0.15, -0.1) is 0 Å². The van der Waals surface area contributed by atoms with Crippen molar-refractivity contribution in [2.24, 2.45) is 5.92 Å². The lowest BCUT2D eigenvalue weighted by molar-refractivity contribution is -0.128. The number of rotatable bonds is 7. The van der Waals surface area contributed by atoms with Crippen molar-refractivity contribution in [2.75, 3.05) is 13.2 Å². The van der Waals surface area contributed by atoms with E-state index in [1.807, 2.05) is 6.92 Å². The van der Waals surface area contributed by atoms with Gasteiger partial charge in [0.2, 0.25) is 11.8 Å². The number of hydrogen-bond acceptors (Lipinski definition) is 3. The number of aliphatic hydroxyl groups is 1. The van der Waals surface area contributed by atoms with Gasteiger partial charge in [0.15, 0.2) is 0 Å². The average Bonchev–Trinajstić information content (AvgIpc) is 2.93. The maximum atomic E-state index is 13.3. The van der Waals surface area contributed by atoms with Crippen molar-refractivity contribution in [3.05, 3.63) is 35.8 Å². The standard InChI is InChI=1S/C17H22FN3O3/c1-10(9-22)7-20-17(24)16(21-11(2)23)5-12-8-19-15-6-13(18)3-4-14(12)15/h3-4,6,8,10,16,19,22H,5,7,9H2,1-2H3,(H,20,24)(H,21,23). The Morgan fingerprint density at radius 2 is 2.12 bits per heavy atom. The molecule has 1 aromatic carbocycles. The minimum absolute atomic E-state index is 0.0287. The molecule has 7 heteroatoms. The summed E-state index contributed by atoms with van der Waals surface area (Å²) >= 11 is 0. The van der Waals surface area contributed by atoms with E-state index < -0.39 is 6.04 Å². The molecule has 2 atom stereocenters. The minimum atomic E-state index is -0.738. The van der Waals surface area contributed by atoms with Gasteiger partial charge in [-0.1, -0.05) is 6.92 Å². The maximum absolute atomic E-state index is 13.3. The molecule has 2 unspecified atom stereocenters. The largest absolute Gasteiger partial charge is 0.396 e. The quantitative estimate of drug-likeness (QED) is 0.610. The summed E-state index contributed by atoms with van der Waals surface area (Å²) in [4.78, 5) is 26.7. The Morgan fingerprint density at radius 1 is 1.38 bits per heavy atom. The van der Waals surface area contributed by atoms with Crippen LogP contribution in [0.15, 0.2) is 24.4 Å². The number of nitrogens with one attached hydrogen (secondary N) is 3. The Bertz CT molecular complexity index is 729. The Hall–Kier alpha value is -2.41. The van der Waals surface area contributed by atoms with Crippen LogP contribution in [0.5, 0.6) is 0 Å². The van der Waals surface area contributed by atoms with Crippen LogP contribution in [0, 0.1) is 11.7 Å². The van der Waals surface area contributed by atoms with Gasteiger partial charge in [0.05, 0.1) is 0 Å². The van der Waals surface area contributed by atoms with Gasteiger partial charge in [0.25, 0.3) is 0 Å². The summed E-state index contributed by atoms with van der Waals surface area (Å²) in [6, 6.07) is 3.65. The van der Waals surface area contributed by atoms with Crippen molar-refractivity contribution in [3.63, 3.8) is 0 Å². The van der Waals surface area contributed by atoms with Gasteiger partial charge in [0.1, 0.15) is 11.9 Å². The SMILES string of the molecule is CC(=O)NC(Cc1c[nH]c2cc(F)ccc12)C(=O)NCC(C)CO. The average molecular weight is 335 g/mol. The van der Waals surface area contributed by atoms with Crippen LogP contribution in [0.2, 0.25) is 0 Å². The van der Waals surface area contributed by atoms with Crippen LogP contribution < -0.4 is 10.6 Å². The summed E-state index contributed by atoms with van der Waals surface area (Å²) < 4.78 is 13.3. The summed E-state index contributed by atoms with van der Waals surface area (Å²) in [6.07, 6.45) is 1.99. The molecule has 0 bridgehead atoms. The lowest BCUT2D eigenvalue weighted by Gasteiger charge is -2.18. The number of aliphatic hydroxyl groups excluding tert-OH is 1. The van der Waals surface area contributed by atoms with E-state index in [4.69, 9.17) is 5.11 Å². The second kappa shape index (κ2) is 7.92. The third kappa shape index (κ3) is 4.55. The summed E-state index contributed by atoms with van der Waals surface area (Å²) in [6.45, 7) is 3.45. The van der Waals surface area contributed by atoms with Crippen molar-refractivity contribution < 1.29 is 19.1 Å². The van der Waals surface area contributed by atoms with Crippen LogP contribution in [0.3, 0.4) is 0 Å². The third-order valence-electron chi connectivity index (χ3n) is 3.78. The Kier molecular flexibility index (Phi) is 5.92. The van der Waals surface area contributed by atoms with Crippen LogP contribution in [0.1, 0.15) is 19.4 Å². The highest BCUT2D eigenvalue weighted by Gasteiger charge is 2.21. The highest BCUT2D eigenvalue weighted by molar-refractivity contribution is 5.89. The van der Waals surface area contributed by atoms with Crippen LogP contribution in [0.25, 0.3) is 10.9 Å². The Labute approximate surface area is 139 Å². The monoisotopic (exact) mass is 335 g/mol. The third-order valence-corrected chi connectivity index (χ3v) is 3.78. The van der Waals surface area contributed by atoms with E-state index in [2.05, 4.69) is 15.6 Å². The molecule has 130 valence electrons. The molecular weight excluding hydrogens is 313 g/mol. The number of hydrogen-bond donors (Lipinski definition) is 4. The molecule has 0 fully saturated rings. The first kappa shape index (κ1) is 17.9. The molecule has 6 nitrogen and oxygen atoms in total. The summed E-state index contributed by atoms with van der Waals surface area (Å²) in [7, 11) is 0. The van der Waals surface area contributed by atoms with Crippen molar-refractivity contribution in [1.82, 2.24) is 15.6 Å². The van der Waals surface area contributed by atoms with Crippen molar-refractivity contribution in [1.29, 1.82) is 0 Å². The summed E-state index contributed by atoms with van der Waals surface area (Å²) in [5.74, 6) is -1.04. The van der Waals surface area contributed by atoms with E-state index in [1.165, 1.54) is 19.1 Å². The number of carbonyl (C=O) groups excluding carboxylic acids is 2. The van der Waals surface area contributed by atoms with Crippen molar-refractivity contribution in [2.45, 2.75) is 26.3 Å². The maximum Gasteiger partial charge on any atom is 0.242 e. The molecule has 0 saturated carbocycles. The fourth-order valence-electron chi connectivity index (χ4n) is 2.46. The molecule has 24 heavy (non-hydrogen) atoms. The zero-order valence-electron chi connectivity index (χ0n) is 13.7. The molecule has 2 amide bonds. The second-order valence-corrected chi connectivity index (χ2v) is 5.99. The van der Waals surface area contributed by atoms with Crippen LogP contribution in [0.4, 0.5) is 4.39 Å². The van der Waals surface area contributed by atoms with Gasteiger partial charge in [-0.05, 0) is 29.7 Å². The smallest absolute Gasteiger partial charge is 0.242 e. The molecule has 1 heterocycles. The number of benzene rings is 1. The lowest BCUT2D eigenvalue weighted by Crippen LogP contribution is -2.48. The first-order valence-corrected chi connectivity index (χ1v) is 7.82. The van der Waals surface area contributed by atoms with Gasteiger partial charge in [-0.2, -0.15) is 0 Å². The summed E-state index contributed by atoms with van der Waals surface area (Å²) in [5, 5.41) is 15.2. The molecule has 0 aliphatic heterocycles. The van der Waals surface area contributed by atoms with Gasteiger partial charge in [0, 0.05) is 43.6 Å². The second-order valence-electron chi connectivity index (χ2n) is 5.99. The molecule has 0 aliphatic rings. The van der Waals surface area contributed by atoms with Gasteiger partial charge >= 0.3 is 0 Å². The summed E-state index contributed by atoms with van der Waals surface area (Å²) in [5.41, 5.74) is 1.45. The molecule has 0 radical (unpaired) electrons. The number of amides is 2. The van der Waals surface area contributed by atoms with E-state index in [1.54, 1.807) is 12.3 Å². The number of fused-ring (bicyclic) bond motifs is 1. The van der Waals surface area contributed by atoms with E-state index in [0.29, 0.717) is 12.1 Å². The number of halogens is 1. The zero-order chi connectivity index (χ0) is 17.7. The zero-order valence-corrected chi connectivity index (χ0v) is 13.7. The van der Waals surface area contributed by atoms with Crippen LogP contribution in [-0.2, 0) is 16.0 Å². The molecule has 0 aliphatic carbocycles. The molecule has 2 rings (SSSR count). The van der Waals surface area contributed by atoms with E-state index in [-0.39, 0.29) is 36.6 Å². The molecule has 0 spiro atoms. The molecule has 2 aromatic rings. The molecular formula is C17H22FN3O3. The normalized spacial score (nSPS) is 13.5. The number of carbonyl (C=O) groups is 2. The fraction of sp³-hybridized carbons (Fsp3) is 0.412. The predicted molar refractivity (Wildman–Crippen MR) is 88.8 cm³/mol. The van der Waals surface area contributed by atoms with E-state index in [9.17, 15) is 14.0 Å². The van der Waals surface area contributed by atoms with E-state index in [0.717, 1.165) is 10.9 Å².